The third kappa shape index (κ3) is 4.95. The zero-order valence-electron chi connectivity index (χ0n) is 13.9. The molecule has 3 rings (SSSR count). The van der Waals surface area contributed by atoms with Gasteiger partial charge in [0, 0.05) is 12.2 Å². The fourth-order valence-corrected chi connectivity index (χ4v) is 3.07. The number of ether oxygens (including phenoxy) is 1. The van der Waals surface area contributed by atoms with Gasteiger partial charge in [-0.05, 0) is 55.5 Å². The van der Waals surface area contributed by atoms with Crippen molar-refractivity contribution in [3.63, 3.8) is 0 Å². The Morgan fingerprint density at radius 1 is 1.16 bits per heavy atom. The van der Waals surface area contributed by atoms with Crippen LogP contribution in [0.5, 0.6) is 5.75 Å². The van der Waals surface area contributed by atoms with Crippen LogP contribution in [0.15, 0.2) is 42.7 Å². The first kappa shape index (κ1) is 17.7. The molecule has 1 saturated heterocycles. The number of nitrogens with one attached hydrogen (secondary N) is 1. The zero-order valence-corrected chi connectivity index (χ0v) is 13.9. The van der Waals surface area contributed by atoms with E-state index in [2.05, 4.69) is 10.3 Å². The summed E-state index contributed by atoms with van der Waals surface area (Å²) in [6.45, 7) is 1.60. The van der Waals surface area contributed by atoms with E-state index in [1.165, 1.54) is 12.1 Å². The normalized spacial score (nSPS) is 17.6. The van der Waals surface area contributed by atoms with Gasteiger partial charge < -0.3 is 10.1 Å². The summed E-state index contributed by atoms with van der Waals surface area (Å²) in [5, 5.41) is 3.36. The Labute approximate surface area is 145 Å². The molecule has 0 aliphatic carbocycles. The van der Waals surface area contributed by atoms with E-state index in [1.54, 1.807) is 18.5 Å². The maximum atomic E-state index is 13.0. The highest BCUT2D eigenvalue weighted by Gasteiger charge is 2.32. The standard InChI is InChI=1S/C19H21F3N2O/c20-19(21,22)18-6-2-1-4-15(18)8-7-14-10-17(12-23-11-14)25-13-16-5-3-9-24-16/h1-2,4,6,10-12,16,24H,3,5,7-9,13H2/t16-/m0/s1. The van der Waals surface area contributed by atoms with Gasteiger partial charge in [-0.25, -0.2) is 0 Å². The summed E-state index contributed by atoms with van der Waals surface area (Å²) in [6.07, 6.45) is 2.04. The number of hydrogen-bond acceptors (Lipinski definition) is 3. The summed E-state index contributed by atoms with van der Waals surface area (Å²) in [4.78, 5) is 4.15. The molecular formula is C19H21F3N2O. The number of pyridine rings is 1. The predicted octanol–water partition coefficient (Wildman–Crippen LogP) is 4.02. The molecule has 6 heteroatoms. The quantitative estimate of drug-likeness (QED) is 0.855. The highest BCUT2D eigenvalue weighted by molar-refractivity contribution is 5.31. The Hall–Kier alpha value is -2.08. The van der Waals surface area contributed by atoms with Crippen LogP contribution in [0.3, 0.4) is 0 Å². The number of aryl methyl sites for hydroxylation is 2. The van der Waals surface area contributed by atoms with E-state index in [4.69, 9.17) is 4.74 Å². The average Bonchev–Trinajstić information content (AvgIpc) is 3.12. The second kappa shape index (κ2) is 7.87. The van der Waals surface area contributed by atoms with Crippen molar-refractivity contribution in [2.45, 2.75) is 37.9 Å². The van der Waals surface area contributed by atoms with E-state index < -0.39 is 11.7 Å². The first-order valence-electron chi connectivity index (χ1n) is 8.47. The van der Waals surface area contributed by atoms with Crippen LogP contribution in [0.4, 0.5) is 13.2 Å². The van der Waals surface area contributed by atoms with Gasteiger partial charge in [0.1, 0.15) is 12.4 Å². The van der Waals surface area contributed by atoms with Gasteiger partial charge in [0.2, 0.25) is 0 Å². The molecule has 1 aromatic heterocycles. The van der Waals surface area contributed by atoms with Gasteiger partial charge in [0.25, 0.3) is 0 Å². The molecule has 1 aliphatic heterocycles. The van der Waals surface area contributed by atoms with Crippen molar-refractivity contribution in [2.75, 3.05) is 13.2 Å². The molecule has 1 aliphatic rings. The maximum absolute atomic E-state index is 13.0. The topological polar surface area (TPSA) is 34.1 Å². The Morgan fingerprint density at radius 2 is 2.00 bits per heavy atom. The van der Waals surface area contributed by atoms with Crippen LogP contribution in [-0.4, -0.2) is 24.2 Å². The van der Waals surface area contributed by atoms with Crippen LogP contribution < -0.4 is 10.1 Å². The average molecular weight is 350 g/mol. The molecule has 1 aromatic carbocycles. The van der Waals surface area contributed by atoms with Gasteiger partial charge in [-0.3, -0.25) is 4.98 Å². The van der Waals surface area contributed by atoms with E-state index in [1.807, 2.05) is 6.07 Å². The molecule has 134 valence electrons. The highest BCUT2D eigenvalue weighted by atomic mass is 19.4. The molecule has 0 spiro atoms. The van der Waals surface area contributed by atoms with Crippen LogP contribution in [0.25, 0.3) is 0 Å². The highest BCUT2D eigenvalue weighted by Crippen LogP contribution is 2.32. The van der Waals surface area contributed by atoms with Crippen molar-refractivity contribution in [2.24, 2.45) is 0 Å². The van der Waals surface area contributed by atoms with E-state index >= 15 is 0 Å². The summed E-state index contributed by atoms with van der Waals surface area (Å²) >= 11 is 0. The predicted molar refractivity (Wildman–Crippen MR) is 89.6 cm³/mol. The lowest BCUT2D eigenvalue weighted by Gasteiger charge is -2.14. The number of halogens is 3. The molecule has 0 saturated carbocycles. The van der Waals surface area contributed by atoms with Crippen molar-refractivity contribution in [3.05, 3.63) is 59.4 Å². The molecule has 3 nitrogen and oxygen atoms in total. The van der Waals surface area contributed by atoms with Crippen molar-refractivity contribution in [1.82, 2.24) is 10.3 Å². The zero-order chi connectivity index (χ0) is 17.7. The van der Waals surface area contributed by atoms with Gasteiger partial charge in [0.15, 0.2) is 0 Å². The van der Waals surface area contributed by atoms with E-state index in [-0.39, 0.29) is 0 Å². The number of rotatable bonds is 6. The maximum Gasteiger partial charge on any atom is 0.416 e. The van der Waals surface area contributed by atoms with E-state index in [0.29, 0.717) is 36.8 Å². The van der Waals surface area contributed by atoms with Crippen molar-refractivity contribution < 1.29 is 17.9 Å². The minimum atomic E-state index is -4.33. The Bertz CT molecular complexity index is 697. The van der Waals surface area contributed by atoms with Gasteiger partial charge in [-0.2, -0.15) is 13.2 Å². The van der Waals surface area contributed by atoms with Crippen molar-refractivity contribution in [3.8, 4) is 5.75 Å². The third-order valence-electron chi connectivity index (χ3n) is 4.39. The number of nitrogens with zero attached hydrogens (tertiary/aromatic N) is 1. The summed E-state index contributed by atoms with van der Waals surface area (Å²) in [6, 6.07) is 7.93. The summed E-state index contributed by atoms with van der Waals surface area (Å²) < 4.78 is 44.9. The lowest BCUT2D eigenvalue weighted by molar-refractivity contribution is -0.138. The molecule has 0 bridgehead atoms. The fourth-order valence-electron chi connectivity index (χ4n) is 3.07. The molecule has 0 amide bonds. The van der Waals surface area contributed by atoms with Crippen LogP contribution in [-0.2, 0) is 19.0 Å². The molecular weight excluding hydrogens is 329 g/mol. The molecule has 1 fully saturated rings. The van der Waals surface area contributed by atoms with Crippen LogP contribution >= 0.6 is 0 Å². The van der Waals surface area contributed by atoms with Crippen LogP contribution in [0.2, 0.25) is 0 Å². The first-order valence-corrected chi connectivity index (χ1v) is 8.47. The molecule has 2 heterocycles. The van der Waals surface area contributed by atoms with Crippen LogP contribution in [0, 0.1) is 0 Å². The summed E-state index contributed by atoms with van der Waals surface area (Å²) in [7, 11) is 0. The number of benzene rings is 1. The van der Waals surface area contributed by atoms with Crippen molar-refractivity contribution in [1.29, 1.82) is 0 Å². The van der Waals surface area contributed by atoms with Gasteiger partial charge in [0.05, 0.1) is 11.8 Å². The van der Waals surface area contributed by atoms with Gasteiger partial charge >= 0.3 is 6.18 Å². The molecule has 0 radical (unpaired) electrons. The second-order valence-corrected chi connectivity index (χ2v) is 6.29. The molecule has 1 N–H and O–H groups in total. The SMILES string of the molecule is FC(F)(F)c1ccccc1CCc1cncc(OC[C@@H]2CCCN2)c1. The lowest BCUT2D eigenvalue weighted by atomic mass is 10.00. The number of hydrogen-bond donors (Lipinski definition) is 1. The number of alkyl halides is 3. The molecule has 2 aromatic rings. The fraction of sp³-hybridized carbons (Fsp3) is 0.421. The summed E-state index contributed by atoms with van der Waals surface area (Å²) in [5.41, 5.74) is 0.605. The third-order valence-corrected chi connectivity index (χ3v) is 4.39. The number of aromatic nitrogens is 1. The Kier molecular flexibility index (Phi) is 5.58. The molecule has 1 atom stereocenters. The van der Waals surface area contributed by atoms with E-state index in [0.717, 1.165) is 31.0 Å². The monoisotopic (exact) mass is 350 g/mol. The lowest BCUT2D eigenvalue weighted by Crippen LogP contribution is -2.28. The minimum absolute atomic E-state index is 0.302. The van der Waals surface area contributed by atoms with Crippen LogP contribution in [0.1, 0.15) is 29.5 Å². The second-order valence-electron chi connectivity index (χ2n) is 6.29. The minimum Gasteiger partial charge on any atom is -0.490 e. The Morgan fingerprint density at radius 3 is 2.76 bits per heavy atom. The Balaban J connectivity index is 1.61. The van der Waals surface area contributed by atoms with Gasteiger partial charge in [-0.1, -0.05) is 18.2 Å². The van der Waals surface area contributed by atoms with Gasteiger partial charge in [-0.15, -0.1) is 0 Å². The van der Waals surface area contributed by atoms with E-state index in [9.17, 15) is 13.2 Å². The largest absolute Gasteiger partial charge is 0.490 e. The summed E-state index contributed by atoms with van der Waals surface area (Å²) in [5.74, 6) is 0.662. The molecule has 25 heavy (non-hydrogen) atoms. The van der Waals surface area contributed by atoms with Crippen molar-refractivity contribution >= 4 is 0 Å². The smallest absolute Gasteiger partial charge is 0.416 e. The molecule has 0 unspecified atom stereocenters. The first-order chi connectivity index (χ1) is 12.0.